The summed E-state index contributed by atoms with van der Waals surface area (Å²) in [5.74, 6) is 1.90. The Morgan fingerprint density at radius 3 is 2.38 bits per heavy atom. The molecule has 0 saturated heterocycles. The van der Waals surface area contributed by atoms with Crippen LogP contribution in [-0.4, -0.2) is 13.1 Å². The van der Waals surface area contributed by atoms with Gasteiger partial charge in [0.2, 0.25) is 0 Å². The highest BCUT2D eigenvalue weighted by Gasteiger charge is 2.41. The number of rotatable bonds is 3. The summed E-state index contributed by atoms with van der Waals surface area (Å²) in [6.45, 7) is 4.97. The smallest absolute Gasteiger partial charge is 0.0146 e. The zero-order valence-electron chi connectivity index (χ0n) is 11.4. The van der Waals surface area contributed by atoms with Crippen LogP contribution in [0.4, 0.5) is 0 Å². The van der Waals surface area contributed by atoms with Crippen LogP contribution in [0.5, 0.6) is 0 Å². The number of hydrogen-bond acceptors (Lipinski definition) is 1. The van der Waals surface area contributed by atoms with Gasteiger partial charge in [-0.05, 0) is 50.0 Å². The van der Waals surface area contributed by atoms with E-state index in [0.29, 0.717) is 5.41 Å². The maximum absolute atomic E-state index is 3.67. The van der Waals surface area contributed by atoms with Crippen LogP contribution in [0.1, 0.15) is 65.2 Å². The molecule has 3 unspecified atom stereocenters. The molecule has 0 spiro atoms. The van der Waals surface area contributed by atoms with Crippen LogP contribution in [0.2, 0.25) is 0 Å². The van der Waals surface area contributed by atoms with Crippen molar-refractivity contribution < 1.29 is 0 Å². The van der Waals surface area contributed by atoms with E-state index in [-0.39, 0.29) is 0 Å². The van der Waals surface area contributed by atoms with Crippen molar-refractivity contribution in [2.45, 2.75) is 71.3 Å². The van der Waals surface area contributed by atoms with E-state index in [1.807, 2.05) is 0 Å². The van der Waals surface area contributed by atoms with Crippen LogP contribution in [0.3, 0.4) is 0 Å². The summed E-state index contributed by atoms with van der Waals surface area (Å²) in [4.78, 5) is 0. The molecule has 0 aromatic rings. The molecule has 0 radical (unpaired) electrons. The van der Waals surface area contributed by atoms with Crippen molar-refractivity contribution >= 4 is 0 Å². The normalized spacial score (nSPS) is 36.2. The minimum atomic E-state index is 0.594. The molecule has 16 heavy (non-hydrogen) atoms. The fraction of sp³-hybridized carbons (Fsp3) is 1.00. The quantitative estimate of drug-likeness (QED) is 0.763. The van der Waals surface area contributed by atoms with Gasteiger partial charge in [-0.3, -0.25) is 0 Å². The third-order valence-electron chi connectivity index (χ3n) is 5.26. The van der Waals surface area contributed by atoms with Gasteiger partial charge >= 0.3 is 0 Å². The predicted molar refractivity (Wildman–Crippen MR) is 70.5 cm³/mol. The molecular formula is C15H29N. The van der Waals surface area contributed by atoms with E-state index >= 15 is 0 Å². The Kier molecular flexibility index (Phi) is 3.94. The summed E-state index contributed by atoms with van der Waals surface area (Å²) in [6.07, 6.45) is 11.6. The van der Waals surface area contributed by atoms with E-state index < -0.39 is 0 Å². The van der Waals surface area contributed by atoms with Crippen LogP contribution in [0, 0.1) is 17.3 Å². The molecule has 0 heterocycles. The van der Waals surface area contributed by atoms with Gasteiger partial charge in [-0.15, -0.1) is 0 Å². The molecular weight excluding hydrogens is 194 g/mol. The minimum absolute atomic E-state index is 0.594. The van der Waals surface area contributed by atoms with Gasteiger partial charge in [0.05, 0.1) is 0 Å². The molecule has 0 aliphatic heterocycles. The molecule has 2 aliphatic rings. The molecule has 2 saturated carbocycles. The van der Waals surface area contributed by atoms with Crippen molar-refractivity contribution in [1.82, 2.24) is 5.32 Å². The maximum Gasteiger partial charge on any atom is 0.0146 e. The second kappa shape index (κ2) is 5.08. The molecule has 94 valence electrons. The first kappa shape index (κ1) is 12.4. The monoisotopic (exact) mass is 223 g/mol. The van der Waals surface area contributed by atoms with E-state index in [0.717, 1.165) is 17.9 Å². The van der Waals surface area contributed by atoms with E-state index in [4.69, 9.17) is 0 Å². The lowest BCUT2D eigenvalue weighted by Crippen LogP contribution is -2.47. The lowest BCUT2D eigenvalue weighted by molar-refractivity contribution is 0.121. The summed E-state index contributed by atoms with van der Waals surface area (Å²) >= 11 is 0. The summed E-state index contributed by atoms with van der Waals surface area (Å²) < 4.78 is 0. The van der Waals surface area contributed by atoms with Gasteiger partial charge < -0.3 is 5.32 Å². The van der Waals surface area contributed by atoms with E-state index in [2.05, 4.69) is 26.2 Å². The fourth-order valence-electron chi connectivity index (χ4n) is 4.43. The topological polar surface area (TPSA) is 12.0 Å². The van der Waals surface area contributed by atoms with Gasteiger partial charge in [0, 0.05) is 6.04 Å². The SMILES string of the molecule is CNC(C1CCCC(C)C1)C1(C)CCCC1. The molecule has 3 atom stereocenters. The fourth-order valence-corrected chi connectivity index (χ4v) is 4.43. The highest BCUT2D eigenvalue weighted by atomic mass is 14.9. The van der Waals surface area contributed by atoms with Crippen LogP contribution >= 0.6 is 0 Å². The molecule has 0 bridgehead atoms. The summed E-state index contributed by atoms with van der Waals surface area (Å²) in [5.41, 5.74) is 0.594. The van der Waals surface area contributed by atoms with E-state index in [9.17, 15) is 0 Å². The van der Waals surface area contributed by atoms with Crippen LogP contribution in [0.15, 0.2) is 0 Å². The zero-order chi connectivity index (χ0) is 11.6. The summed E-state index contributed by atoms with van der Waals surface area (Å²) in [7, 11) is 2.19. The van der Waals surface area contributed by atoms with Crippen LogP contribution in [0.25, 0.3) is 0 Å². The van der Waals surface area contributed by atoms with Gasteiger partial charge in [0.25, 0.3) is 0 Å². The Bertz CT molecular complexity index is 217. The van der Waals surface area contributed by atoms with Gasteiger partial charge in [0.1, 0.15) is 0 Å². The second-order valence-corrected chi connectivity index (χ2v) is 6.66. The first-order valence-corrected chi connectivity index (χ1v) is 7.33. The molecule has 0 aromatic carbocycles. The summed E-state index contributed by atoms with van der Waals surface area (Å²) in [6, 6.07) is 0.776. The number of hydrogen-bond donors (Lipinski definition) is 1. The third kappa shape index (κ3) is 2.45. The van der Waals surface area contributed by atoms with Crippen LogP contribution in [-0.2, 0) is 0 Å². The van der Waals surface area contributed by atoms with Crippen molar-refractivity contribution in [2.24, 2.45) is 17.3 Å². The van der Waals surface area contributed by atoms with Crippen molar-refractivity contribution in [2.75, 3.05) is 7.05 Å². The zero-order valence-corrected chi connectivity index (χ0v) is 11.4. The van der Waals surface area contributed by atoms with Crippen molar-refractivity contribution in [3.8, 4) is 0 Å². The van der Waals surface area contributed by atoms with Gasteiger partial charge in [-0.25, -0.2) is 0 Å². The molecule has 0 aromatic heterocycles. The van der Waals surface area contributed by atoms with Gasteiger partial charge in [0.15, 0.2) is 0 Å². The Morgan fingerprint density at radius 1 is 1.12 bits per heavy atom. The van der Waals surface area contributed by atoms with E-state index in [1.54, 1.807) is 0 Å². The molecule has 1 nitrogen and oxygen atoms in total. The Hall–Kier alpha value is -0.0400. The lowest BCUT2D eigenvalue weighted by atomic mass is 9.68. The van der Waals surface area contributed by atoms with Crippen LogP contribution < -0.4 is 5.32 Å². The van der Waals surface area contributed by atoms with Crippen molar-refractivity contribution in [3.05, 3.63) is 0 Å². The maximum atomic E-state index is 3.67. The Morgan fingerprint density at radius 2 is 1.81 bits per heavy atom. The minimum Gasteiger partial charge on any atom is -0.316 e. The van der Waals surface area contributed by atoms with Crippen molar-refractivity contribution in [3.63, 3.8) is 0 Å². The second-order valence-electron chi connectivity index (χ2n) is 6.66. The summed E-state index contributed by atoms with van der Waals surface area (Å²) in [5, 5.41) is 3.67. The molecule has 2 fully saturated rings. The first-order chi connectivity index (χ1) is 7.65. The average Bonchev–Trinajstić information content (AvgIpc) is 2.67. The predicted octanol–water partition coefficient (Wildman–Crippen LogP) is 3.98. The largest absolute Gasteiger partial charge is 0.316 e. The van der Waals surface area contributed by atoms with E-state index in [1.165, 1.54) is 51.4 Å². The molecule has 1 heteroatoms. The molecule has 1 N–H and O–H groups in total. The first-order valence-electron chi connectivity index (χ1n) is 7.33. The van der Waals surface area contributed by atoms with Gasteiger partial charge in [-0.2, -0.15) is 0 Å². The molecule has 2 rings (SSSR count). The van der Waals surface area contributed by atoms with Gasteiger partial charge in [-0.1, -0.05) is 39.5 Å². The highest BCUT2D eigenvalue weighted by Crippen LogP contribution is 2.46. The molecule has 2 aliphatic carbocycles. The highest BCUT2D eigenvalue weighted by molar-refractivity contribution is 4.95. The average molecular weight is 223 g/mol. The molecule has 0 amide bonds. The Balaban J connectivity index is 2.03. The Labute approximate surface area is 101 Å². The van der Waals surface area contributed by atoms with Crippen molar-refractivity contribution in [1.29, 1.82) is 0 Å². The standard InChI is InChI=1S/C15H29N/c1-12-7-6-8-13(11-12)14(16-3)15(2)9-4-5-10-15/h12-14,16H,4-11H2,1-3H3. The lowest BCUT2D eigenvalue weighted by Gasteiger charge is -2.42. The third-order valence-corrected chi connectivity index (χ3v) is 5.26. The number of nitrogens with one attached hydrogen (secondary N) is 1.